The smallest absolute Gasteiger partial charge is 0.163 e. The molecule has 7 heteroatoms. The average molecular weight is 476 g/mol. The van der Waals surface area contributed by atoms with Gasteiger partial charge in [0.25, 0.3) is 0 Å². The van der Waals surface area contributed by atoms with Gasteiger partial charge < -0.3 is 15.2 Å². The topological polar surface area (TPSA) is 82.6 Å². The lowest BCUT2D eigenvalue weighted by Crippen LogP contribution is -2.44. The van der Waals surface area contributed by atoms with Crippen LogP contribution in [0.5, 0.6) is 0 Å². The molecule has 5 aromatic rings. The van der Waals surface area contributed by atoms with Crippen LogP contribution in [-0.4, -0.2) is 50.6 Å². The summed E-state index contributed by atoms with van der Waals surface area (Å²) in [5, 5.41) is 7.07. The van der Waals surface area contributed by atoms with E-state index in [-0.39, 0.29) is 0 Å². The van der Waals surface area contributed by atoms with Crippen LogP contribution in [0.1, 0.15) is 43.6 Å². The second kappa shape index (κ2) is 7.96. The molecule has 0 radical (unpaired) electrons. The molecule has 1 saturated carbocycles. The number of anilines is 1. The van der Waals surface area contributed by atoms with E-state index in [1.165, 1.54) is 36.6 Å². The van der Waals surface area contributed by atoms with Crippen molar-refractivity contribution in [2.45, 2.75) is 44.1 Å². The van der Waals surface area contributed by atoms with Crippen molar-refractivity contribution >= 4 is 38.7 Å². The van der Waals surface area contributed by atoms with Gasteiger partial charge in [-0.15, -0.1) is 0 Å². The Morgan fingerprint density at radius 2 is 1.89 bits per heavy atom. The van der Waals surface area contributed by atoms with Gasteiger partial charge in [0.2, 0.25) is 0 Å². The van der Waals surface area contributed by atoms with E-state index in [1.54, 1.807) is 0 Å². The van der Waals surface area contributed by atoms with Gasteiger partial charge in [-0.25, -0.2) is 15.0 Å². The highest BCUT2D eigenvalue weighted by atomic mass is 15.3. The van der Waals surface area contributed by atoms with Crippen LogP contribution < -0.4 is 10.2 Å². The lowest BCUT2D eigenvalue weighted by molar-refractivity contribution is 0.360. The van der Waals surface area contributed by atoms with Crippen LogP contribution in [0, 0.1) is 5.92 Å². The lowest BCUT2D eigenvalue weighted by atomic mass is 9.79. The fourth-order valence-electron chi connectivity index (χ4n) is 6.75. The van der Waals surface area contributed by atoms with Crippen molar-refractivity contribution in [3.8, 4) is 11.4 Å². The van der Waals surface area contributed by atoms with Crippen LogP contribution >= 0.6 is 0 Å². The number of hydrogen-bond donors (Lipinski definition) is 2. The predicted octanol–water partition coefficient (Wildman–Crippen LogP) is 5.18. The molecule has 6 heterocycles. The summed E-state index contributed by atoms with van der Waals surface area (Å²) < 4.78 is 0. The number of aromatic amines is 1. The highest BCUT2D eigenvalue weighted by Gasteiger charge is 2.38. The molecular weight excluding hydrogens is 446 g/mol. The molecule has 36 heavy (non-hydrogen) atoms. The van der Waals surface area contributed by atoms with Crippen molar-refractivity contribution in [1.29, 1.82) is 0 Å². The third kappa shape index (κ3) is 3.02. The maximum absolute atomic E-state index is 5.41. The van der Waals surface area contributed by atoms with Crippen LogP contribution in [0.2, 0.25) is 0 Å². The van der Waals surface area contributed by atoms with Crippen molar-refractivity contribution in [3.05, 3.63) is 54.5 Å². The molecule has 2 atom stereocenters. The Hall–Kier alpha value is -3.58. The number of fused-ring (bicyclic) bond motifs is 5. The van der Waals surface area contributed by atoms with Gasteiger partial charge in [-0.2, -0.15) is 0 Å². The highest BCUT2D eigenvalue weighted by molar-refractivity contribution is 6.12. The molecule has 1 aromatic carbocycles. The van der Waals surface area contributed by atoms with Gasteiger partial charge in [-0.1, -0.05) is 24.6 Å². The first-order chi connectivity index (χ1) is 17.8. The monoisotopic (exact) mass is 475 g/mol. The molecular formula is C29H29N7. The quantitative estimate of drug-likeness (QED) is 0.374. The molecule has 2 N–H and O–H groups in total. The first-order valence-electron chi connectivity index (χ1n) is 13.3. The van der Waals surface area contributed by atoms with E-state index in [1.807, 2.05) is 12.4 Å². The summed E-state index contributed by atoms with van der Waals surface area (Å²) in [5.74, 6) is 3.13. The molecule has 0 amide bonds. The van der Waals surface area contributed by atoms with Crippen LogP contribution in [0.3, 0.4) is 0 Å². The maximum Gasteiger partial charge on any atom is 0.163 e. The number of para-hydroxylation sites is 1. The molecule has 8 rings (SSSR count). The molecule has 4 aromatic heterocycles. The van der Waals surface area contributed by atoms with Gasteiger partial charge in [0.05, 0.1) is 11.7 Å². The van der Waals surface area contributed by atoms with Crippen LogP contribution in [0.25, 0.3) is 44.2 Å². The minimum atomic E-state index is 0.533. The van der Waals surface area contributed by atoms with Crippen molar-refractivity contribution < 1.29 is 0 Å². The summed E-state index contributed by atoms with van der Waals surface area (Å²) >= 11 is 0. The summed E-state index contributed by atoms with van der Waals surface area (Å²) in [6.07, 6.45) is 12.0. The number of hydrogen-bond acceptors (Lipinski definition) is 6. The Balaban J connectivity index is 1.39. The molecule has 7 nitrogen and oxygen atoms in total. The summed E-state index contributed by atoms with van der Waals surface area (Å²) in [6, 6.07) is 11.0. The van der Waals surface area contributed by atoms with E-state index in [0.717, 1.165) is 70.7 Å². The number of rotatable bonds is 3. The fourth-order valence-corrected chi connectivity index (χ4v) is 6.75. The zero-order valence-corrected chi connectivity index (χ0v) is 20.2. The Kier molecular flexibility index (Phi) is 4.56. The highest BCUT2D eigenvalue weighted by Crippen LogP contribution is 2.44. The zero-order chi connectivity index (χ0) is 23.6. The predicted molar refractivity (Wildman–Crippen MR) is 143 cm³/mol. The molecule has 2 saturated heterocycles. The second-order valence-electron chi connectivity index (χ2n) is 10.7. The summed E-state index contributed by atoms with van der Waals surface area (Å²) in [4.78, 5) is 26.0. The lowest BCUT2D eigenvalue weighted by Gasteiger charge is -2.34. The van der Waals surface area contributed by atoms with E-state index in [2.05, 4.69) is 61.7 Å². The Morgan fingerprint density at radius 3 is 2.81 bits per heavy atom. The first-order valence-corrected chi connectivity index (χ1v) is 13.3. The Morgan fingerprint density at radius 1 is 0.944 bits per heavy atom. The second-order valence-corrected chi connectivity index (χ2v) is 10.7. The number of benzene rings is 1. The van der Waals surface area contributed by atoms with Crippen molar-refractivity contribution in [2.24, 2.45) is 5.92 Å². The molecule has 1 aliphatic carbocycles. The van der Waals surface area contributed by atoms with Gasteiger partial charge in [0.1, 0.15) is 11.5 Å². The minimum Gasteiger partial charge on any atom is -0.353 e. The molecule has 3 fully saturated rings. The molecule has 2 unspecified atom stereocenters. The molecule has 3 aliphatic rings. The standard InChI is InChI=1S/C29H29N7/c1-2-7-22-19(6-1)25-20(8-12-32-28(25)33-22)27-34-23-16-31-15-21(17-4-3-5-17)26(23)29(35-27)36-13-10-18-14-30-11-9-24(18)36/h1-2,6-8,12,15-18,24,30H,3-5,9-11,13-14H2,(H,32,33). The van der Waals surface area contributed by atoms with Crippen LogP contribution in [0.15, 0.2) is 48.9 Å². The number of H-pyrrole nitrogens is 1. The summed E-state index contributed by atoms with van der Waals surface area (Å²) in [7, 11) is 0. The molecule has 0 bridgehead atoms. The van der Waals surface area contributed by atoms with E-state index < -0.39 is 0 Å². The zero-order valence-electron chi connectivity index (χ0n) is 20.2. The third-order valence-corrected chi connectivity index (χ3v) is 8.78. The number of nitrogens with zero attached hydrogens (tertiary/aromatic N) is 5. The van der Waals surface area contributed by atoms with E-state index in [9.17, 15) is 0 Å². The van der Waals surface area contributed by atoms with Gasteiger partial charge >= 0.3 is 0 Å². The largest absolute Gasteiger partial charge is 0.353 e. The van der Waals surface area contributed by atoms with Crippen LogP contribution in [-0.2, 0) is 0 Å². The number of pyridine rings is 2. The van der Waals surface area contributed by atoms with Crippen LogP contribution in [0.4, 0.5) is 5.82 Å². The number of piperidine rings is 1. The third-order valence-electron chi connectivity index (χ3n) is 8.78. The van der Waals surface area contributed by atoms with Gasteiger partial charge in [-0.05, 0) is 68.3 Å². The van der Waals surface area contributed by atoms with Crippen molar-refractivity contribution in [3.63, 3.8) is 0 Å². The number of aromatic nitrogens is 5. The van der Waals surface area contributed by atoms with Crippen molar-refractivity contribution in [1.82, 2.24) is 30.2 Å². The first kappa shape index (κ1) is 20.6. The Bertz CT molecular complexity index is 1620. The van der Waals surface area contributed by atoms with Gasteiger partial charge in [-0.3, -0.25) is 4.98 Å². The van der Waals surface area contributed by atoms with E-state index in [4.69, 9.17) is 9.97 Å². The fraction of sp³-hybridized carbons (Fsp3) is 0.379. The molecule has 180 valence electrons. The minimum absolute atomic E-state index is 0.533. The van der Waals surface area contributed by atoms with E-state index >= 15 is 0 Å². The maximum atomic E-state index is 5.41. The average Bonchev–Trinajstić information content (AvgIpc) is 3.49. The molecule has 2 aliphatic heterocycles. The molecule has 0 spiro atoms. The van der Waals surface area contributed by atoms with Gasteiger partial charge in [0.15, 0.2) is 5.82 Å². The van der Waals surface area contributed by atoms with Crippen molar-refractivity contribution in [2.75, 3.05) is 24.5 Å². The Labute approximate surface area is 209 Å². The van der Waals surface area contributed by atoms with Gasteiger partial charge in [0, 0.05) is 52.2 Å². The summed E-state index contributed by atoms with van der Waals surface area (Å²) in [5.41, 5.74) is 5.28. The normalized spacial score (nSPS) is 22.4. The SMILES string of the molecule is c1ccc2c(c1)[nH]c1nccc(-c3nc(N4CCC5CNCCC54)c4c(C5CCC5)cncc4n3)c12. The number of nitrogens with one attached hydrogen (secondary N) is 2. The van der Waals surface area contributed by atoms with E-state index in [0.29, 0.717) is 17.9 Å². The summed E-state index contributed by atoms with van der Waals surface area (Å²) in [6.45, 7) is 3.23.